The molecule has 236 valence electrons. The second-order valence-electron chi connectivity index (χ2n) is 12.9. The molecule has 1 aliphatic heterocycles. The standard InChI is InChI=1S/C37H43ClIN3O2Si/c1-28-15-16-29(25-35(28)39)36(43)40-31-18-17-30(34(38)26-31)27-42-21-19-41(20-22-42)23-24-44-45(37(2,3)4,32-11-7-5-8-12-32)33-13-9-6-10-14-33/h5-18,25-26H,19-24,27H2,1-4H3,(H,40,43). The summed E-state index contributed by atoms with van der Waals surface area (Å²) >= 11 is 8.95. The van der Waals surface area contributed by atoms with Gasteiger partial charge in [0.25, 0.3) is 14.2 Å². The summed E-state index contributed by atoms with van der Waals surface area (Å²) in [6, 6.07) is 33.3. The van der Waals surface area contributed by atoms with Crippen LogP contribution in [0.4, 0.5) is 5.69 Å². The maximum absolute atomic E-state index is 12.8. The van der Waals surface area contributed by atoms with Crippen LogP contribution >= 0.6 is 34.2 Å². The third-order valence-corrected chi connectivity index (χ3v) is 15.3. The van der Waals surface area contributed by atoms with Crippen molar-refractivity contribution in [3.05, 3.63) is 122 Å². The number of piperazine rings is 1. The van der Waals surface area contributed by atoms with Crippen LogP contribution in [-0.4, -0.2) is 63.4 Å². The van der Waals surface area contributed by atoms with Crippen molar-refractivity contribution in [1.29, 1.82) is 0 Å². The summed E-state index contributed by atoms with van der Waals surface area (Å²) in [4.78, 5) is 17.7. The largest absolute Gasteiger partial charge is 0.406 e. The first kappa shape index (κ1) is 33.8. The molecular weight excluding hydrogens is 709 g/mol. The highest BCUT2D eigenvalue weighted by Gasteiger charge is 2.50. The molecule has 0 unspecified atom stereocenters. The molecule has 0 radical (unpaired) electrons. The van der Waals surface area contributed by atoms with Gasteiger partial charge in [0.2, 0.25) is 0 Å². The SMILES string of the molecule is Cc1ccc(C(=O)Nc2ccc(CN3CCN(CCO[Si](c4ccccc4)(c4ccccc4)C(C)(C)C)CC3)c(Cl)c2)cc1I. The van der Waals surface area contributed by atoms with Crippen LogP contribution in [0.2, 0.25) is 10.1 Å². The Morgan fingerprint density at radius 2 is 1.47 bits per heavy atom. The molecule has 0 spiro atoms. The Morgan fingerprint density at radius 3 is 2.02 bits per heavy atom. The molecule has 4 aromatic rings. The van der Waals surface area contributed by atoms with E-state index >= 15 is 0 Å². The number of nitrogens with one attached hydrogen (secondary N) is 1. The summed E-state index contributed by atoms with van der Waals surface area (Å²) in [5.74, 6) is -0.133. The number of anilines is 1. The first-order valence-corrected chi connectivity index (χ1v) is 19.0. The van der Waals surface area contributed by atoms with E-state index in [2.05, 4.69) is 119 Å². The van der Waals surface area contributed by atoms with Gasteiger partial charge in [-0.2, -0.15) is 0 Å². The van der Waals surface area contributed by atoms with Gasteiger partial charge in [0.05, 0.1) is 0 Å². The van der Waals surface area contributed by atoms with Crippen molar-refractivity contribution in [1.82, 2.24) is 9.80 Å². The molecule has 1 N–H and O–H groups in total. The number of carbonyl (C=O) groups is 1. The lowest BCUT2D eigenvalue weighted by Crippen LogP contribution is -2.67. The molecule has 1 fully saturated rings. The highest BCUT2D eigenvalue weighted by molar-refractivity contribution is 14.1. The van der Waals surface area contributed by atoms with E-state index in [0.29, 0.717) is 22.9 Å². The normalized spacial score (nSPS) is 14.8. The van der Waals surface area contributed by atoms with Crippen LogP contribution in [0.15, 0.2) is 97.1 Å². The van der Waals surface area contributed by atoms with Crippen molar-refractivity contribution >= 4 is 64.5 Å². The van der Waals surface area contributed by atoms with Crippen LogP contribution in [0.5, 0.6) is 0 Å². The molecular formula is C37H43ClIN3O2Si. The van der Waals surface area contributed by atoms with Gasteiger partial charge < -0.3 is 9.74 Å². The van der Waals surface area contributed by atoms with Crippen LogP contribution < -0.4 is 15.7 Å². The number of aryl methyl sites for hydroxylation is 1. The molecule has 0 aliphatic carbocycles. The second-order valence-corrected chi connectivity index (χ2v) is 18.7. The summed E-state index contributed by atoms with van der Waals surface area (Å²) < 4.78 is 8.19. The van der Waals surface area contributed by atoms with Gasteiger partial charge in [0.1, 0.15) is 0 Å². The first-order chi connectivity index (χ1) is 21.6. The fourth-order valence-electron chi connectivity index (χ4n) is 6.19. The molecule has 0 saturated carbocycles. The number of rotatable bonds is 10. The third kappa shape index (κ3) is 8.07. The lowest BCUT2D eigenvalue weighted by atomic mass is 10.1. The van der Waals surface area contributed by atoms with Crippen LogP contribution in [-0.2, 0) is 11.0 Å². The second kappa shape index (κ2) is 14.9. The van der Waals surface area contributed by atoms with Gasteiger partial charge in [-0.15, -0.1) is 0 Å². The van der Waals surface area contributed by atoms with Crippen LogP contribution in [0.25, 0.3) is 0 Å². The van der Waals surface area contributed by atoms with Gasteiger partial charge in [-0.1, -0.05) is 105 Å². The zero-order valence-electron chi connectivity index (χ0n) is 26.7. The Balaban J connectivity index is 1.16. The van der Waals surface area contributed by atoms with E-state index in [1.807, 2.05) is 43.3 Å². The third-order valence-electron chi connectivity index (χ3n) is 8.75. The molecule has 1 heterocycles. The van der Waals surface area contributed by atoms with Gasteiger partial charge in [-0.3, -0.25) is 14.6 Å². The van der Waals surface area contributed by atoms with E-state index < -0.39 is 8.32 Å². The van der Waals surface area contributed by atoms with Crippen molar-refractivity contribution in [3.63, 3.8) is 0 Å². The van der Waals surface area contributed by atoms with Gasteiger partial charge in [0, 0.05) is 65.7 Å². The summed E-state index contributed by atoms with van der Waals surface area (Å²) in [7, 11) is -2.52. The Morgan fingerprint density at radius 1 is 0.867 bits per heavy atom. The maximum atomic E-state index is 12.8. The van der Waals surface area contributed by atoms with Gasteiger partial charge in [-0.25, -0.2) is 0 Å². The molecule has 0 atom stereocenters. The Labute approximate surface area is 288 Å². The van der Waals surface area contributed by atoms with Gasteiger partial charge in [0.15, 0.2) is 0 Å². The monoisotopic (exact) mass is 751 g/mol. The number of amides is 1. The molecule has 5 rings (SSSR count). The van der Waals surface area contributed by atoms with Crippen molar-refractivity contribution in [2.45, 2.75) is 39.3 Å². The molecule has 8 heteroatoms. The first-order valence-electron chi connectivity index (χ1n) is 15.6. The van der Waals surface area contributed by atoms with E-state index in [9.17, 15) is 4.79 Å². The van der Waals surface area contributed by atoms with Crippen molar-refractivity contribution in [3.8, 4) is 0 Å². The predicted octanol–water partition coefficient (Wildman–Crippen LogP) is 7.20. The minimum Gasteiger partial charge on any atom is -0.406 e. The number of nitrogens with zero attached hydrogens (tertiary/aromatic N) is 2. The van der Waals surface area contributed by atoms with E-state index in [1.54, 1.807) is 0 Å². The van der Waals surface area contributed by atoms with Gasteiger partial charge in [-0.05, 0) is 80.3 Å². The predicted molar refractivity (Wildman–Crippen MR) is 199 cm³/mol. The van der Waals surface area contributed by atoms with Gasteiger partial charge >= 0.3 is 0 Å². The van der Waals surface area contributed by atoms with E-state index in [-0.39, 0.29) is 10.9 Å². The average molecular weight is 752 g/mol. The van der Waals surface area contributed by atoms with E-state index in [0.717, 1.165) is 54.0 Å². The molecule has 5 nitrogen and oxygen atoms in total. The maximum Gasteiger partial charge on any atom is 0.261 e. The van der Waals surface area contributed by atoms with Crippen molar-refractivity contribution in [2.75, 3.05) is 44.6 Å². The number of benzene rings is 4. The molecule has 1 saturated heterocycles. The summed E-state index contributed by atoms with van der Waals surface area (Å²) in [5, 5.41) is 6.28. The van der Waals surface area contributed by atoms with Crippen LogP contribution in [0, 0.1) is 10.5 Å². The summed E-state index contributed by atoms with van der Waals surface area (Å²) in [6.45, 7) is 15.3. The van der Waals surface area contributed by atoms with E-state index in [1.165, 1.54) is 10.4 Å². The number of hydrogen-bond acceptors (Lipinski definition) is 4. The highest BCUT2D eigenvalue weighted by Crippen LogP contribution is 2.36. The summed E-state index contributed by atoms with van der Waals surface area (Å²) in [6.07, 6.45) is 0. The molecule has 0 aromatic heterocycles. The Hall–Kier alpha value is -2.53. The lowest BCUT2D eigenvalue weighted by molar-refractivity contribution is 0.102. The smallest absolute Gasteiger partial charge is 0.261 e. The molecule has 45 heavy (non-hydrogen) atoms. The molecule has 4 aromatic carbocycles. The molecule has 1 amide bonds. The van der Waals surface area contributed by atoms with Crippen LogP contribution in [0.1, 0.15) is 42.3 Å². The van der Waals surface area contributed by atoms with Crippen LogP contribution in [0.3, 0.4) is 0 Å². The fraction of sp³-hybridized carbons (Fsp3) is 0.324. The Bertz CT molecular complexity index is 1550. The highest BCUT2D eigenvalue weighted by atomic mass is 127. The summed E-state index contributed by atoms with van der Waals surface area (Å²) in [5.41, 5.74) is 3.57. The van der Waals surface area contributed by atoms with E-state index in [4.69, 9.17) is 16.0 Å². The zero-order chi connectivity index (χ0) is 32.0. The molecule has 0 bridgehead atoms. The minimum atomic E-state index is -2.52. The Kier molecular flexibility index (Phi) is 11.2. The quantitative estimate of drug-likeness (QED) is 0.138. The average Bonchev–Trinajstić information content (AvgIpc) is 3.03. The molecule has 1 aliphatic rings. The van der Waals surface area contributed by atoms with Crippen molar-refractivity contribution < 1.29 is 9.22 Å². The fourth-order valence-corrected chi connectivity index (χ4v) is 11.5. The zero-order valence-corrected chi connectivity index (χ0v) is 30.6. The lowest BCUT2D eigenvalue weighted by Gasteiger charge is -2.43. The topological polar surface area (TPSA) is 44.8 Å². The number of hydrogen-bond donors (Lipinski definition) is 1. The number of halogens is 2. The van der Waals surface area contributed by atoms with Crippen molar-refractivity contribution in [2.24, 2.45) is 0 Å². The minimum absolute atomic E-state index is 0.0224. The number of carbonyl (C=O) groups excluding carboxylic acids is 1.